The Bertz CT molecular complexity index is 818. The lowest BCUT2D eigenvalue weighted by molar-refractivity contribution is -0.131. The molecular formula is C21H27N3O2. The Morgan fingerprint density at radius 1 is 1.04 bits per heavy atom. The standard InChI is InChI=1S/C21H27N3O2/c25-20(24-12-4-1-5-13-24)10-11-22-21(26)15-8-9-19-17(14-15)16-6-2-3-7-18(16)23-19/h8-9,14,23H,1-7,10-13H2,(H,22,26). The molecule has 1 aliphatic carbocycles. The van der Waals surface area contributed by atoms with Crippen molar-refractivity contribution in [2.24, 2.45) is 0 Å². The third-order valence-electron chi connectivity index (χ3n) is 5.69. The highest BCUT2D eigenvalue weighted by Gasteiger charge is 2.18. The van der Waals surface area contributed by atoms with E-state index in [2.05, 4.69) is 10.3 Å². The third-order valence-corrected chi connectivity index (χ3v) is 5.69. The van der Waals surface area contributed by atoms with Crippen LogP contribution in [0.3, 0.4) is 0 Å². The molecule has 0 radical (unpaired) electrons. The summed E-state index contributed by atoms with van der Waals surface area (Å²) in [6.45, 7) is 2.13. The SMILES string of the molecule is O=C(NCCC(=O)N1CCCCC1)c1ccc2[nH]c3c(c2c1)CCCC3. The Labute approximate surface area is 154 Å². The number of nitrogens with zero attached hydrogens (tertiary/aromatic N) is 1. The molecule has 0 saturated carbocycles. The summed E-state index contributed by atoms with van der Waals surface area (Å²) in [4.78, 5) is 30.1. The molecule has 1 aromatic heterocycles. The van der Waals surface area contributed by atoms with Gasteiger partial charge in [0.05, 0.1) is 0 Å². The molecule has 1 saturated heterocycles. The van der Waals surface area contributed by atoms with Crippen LogP contribution in [0.2, 0.25) is 0 Å². The van der Waals surface area contributed by atoms with Crippen LogP contribution < -0.4 is 5.32 Å². The van der Waals surface area contributed by atoms with Crippen LogP contribution >= 0.6 is 0 Å². The molecule has 1 fully saturated rings. The smallest absolute Gasteiger partial charge is 0.251 e. The van der Waals surface area contributed by atoms with Crippen molar-refractivity contribution >= 4 is 22.7 Å². The number of piperidine rings is 1. The van der Waals surface area contributed by atoms with Crippen LogP contribution in [-0.4, -0.2) is 41.3 Å². The number of carbonyl (C=O) groups is 2. The van der Waals surface area contributed by atoms with Gasteiger partial charge in [0.15, 0.2) is 0 Å². The first-order valence-electron chi connectivity index (χ1n) is 9.92. The van der Waals surface area contributed by atoms with E-state index in [4.69, 9.17) is 0 Å². The van der Waals surface area contributed by atoms with Gasteiger partial charge in [-0.25, -0.2) is 0 Å². The fraction of sp³-hybridized carbons (Fsp3) is 0.524. The lowest BCUT2D eigenvalue weighted by Gasteiger charge is -2.26. The van der Waals surface area contributed by atoms with Gasteiger partial charge in [-0.05, 0) is 68.7 Å². The van der Waals surface area contributed by atoms with Gasteiger partial charge in [-0.2, -0.15) is 0 Å². The number of fused-ring (bicyclic) bond motifs is 3. The van der Waals surface area contributed by atoms with Crippen molar-refractivity contribution in [2.75, 3.05) is 19.6 Å². The number of rotatable bonds is 4. The molecular weight excluding hydrogens is 326 g/mol. The van der Waals surface area contributed by atoms with Gasteiger partial charge < -0.3 is 15.2 Å². The molecule has 0 spiro atoms. The summed E-state index contributed by atoms with van der Waals surface area (Å²) in [6, 6.07) is 5.87. The second-order valence-corrected chi connectivity index (χ2v) is 7.50. The maximum Gasteiger partial charge on any atom is 0.251 e. The first-order chi connectivity index (χ1) is 12.7. The molecule has 0 unspecified atom stereocenters. The van der Waals surface area contributed by atoms with E-state index in [0.29, 0.717) is 18.5 Å². The lowest BCUT2D eigenvalue weighted by Crippen LogP contribution is -2.37. The Kier molecular flexibility index (Phi) is 4.96. The van der Waals surface area contributed by atoms with E-state index in [1.165, 1.54) is 35.9 Å². The normalized spacial score (nSPS) is 17.2. The number of aromatic nitrogens is 1. The summed E-state index contributed by atoms with van der Waals surface area (Å²) in [7, 11) is 0. The molecule has 2 N–H and O–H groups in total. The third kappa shape index (κ3) is 3.48. The summed E-state index contributed by atoms with van der Waals surface area (Å²) in [6.07, 6.45) is 8.43. The van der Waals surface area contributed by atoms with Crippen LogP contribution in [0.25, 0.3) is 10.9 Å². The number of amides is 2. The zero-order chi connectivity index (χ0) is 17.9. The van der Waals surface area contributed by atoms with E-state index < -0.39 is 0 Å². The van der Waals surface area contributed by atoms with E-state index in [9.17, 15) is 9.59 Å². The van der Waals surface area contributed by atoms with Gasteiger partial charge in [-0.1, -0.05) is 0 Å². The summed E-state index contributed by atoms with van der Waals surface area (Å²) < 4.78 is 0. The molecule has 0 atom stereocenters. The highest BCUT2D eigenvalue weighted by atomic mass is 16.2. The zero-order valence-electron chi connectivity index (χ0n) is 15.3. The van der Waals surface area contributed by atoms with Gasteiger partial charge >= 0.3 is 0 Å². The fourth-order valence-corrected chi connectivity index (χ4v) is 4.23. The second kappa shape index (κ2) is 7.52. The number of nitrogens with one attached hydrogen (secondary N) is 2. The maximum absolute atomic E-state index is 12.5. The minimum atomic E-state index is -0.0934. The minimum Gasteiger partial charge on any atom is -0.358 e. The van der Waals surface area contributed by atoms with Crippen molar-refractivity contribution in [3.8, 4) is 0 Å². The van der Waals surface area contributed by atoms with Gasteiger partial charge in [-0.15, -0.1) is 0 Å². The van der Waals surface area contributed by atoms with Crippen LogP contribution in [0.15, 0.2) is 18.2 Å². The number of benzene rings is 1. The summed E-state index contributed by atoms with van der Waals surface area (Å²) in [5.74, 6) is 0.0595. The number of H-pyrrole nitrogens is 1. The first-order valence-corrected chi connectivity index (χ1v) is 9.92. The van der Waals surface area contributed by atoms with Crippen molar-refractivity contribution in [2.45, 2.75) is 51.4 Å². The zero-order valence-corrected chi connectivity index (χ0v) is 15.3. The van der Waals surface area contributed by atoms with Crippen molar-refractivity contribution in [3.63, 3.8) is 0 Å². The van der Waals surface area contributed by atoms with E-state index in [-0.39, 0.29) is 11.8 Å². The molecule has 5 nitrogen and oxygen atoms in total. The van der Waals surface area contributed by atoms with Gasteiger partial charge in [-0.3, -0.25) is 9.59 Å². The van der Waals surface area contributed by atoms with Crippen LogP contribution in [-0.2, 0) is 17.6 Å². The van der Waals surface area contributed by atoms with Crippen molar-refractivity contribution in [1.82, 2.24) is 15.2 Å². The fourth-order valence-electron chi connectivity index (χ4n) is 4.23. The van der Waals surface area contributed by atoms with Crippen molar-refractivity contribution < 1.29 is 9.59 Å². The van der Waals surface area contributed by atoms with Gasteiger partial charge in [0, 0.05) is 48.2 Å². The van der Waals surface area contributed by atoms with Crippen LogP contribution in [0.4, 0.5) is 0 Å². The average Bonchev–Trinajstić information content (AvgIpc) is 3.06. The Balaban J connectivity index is 1.37. The Hall–Kier alpha value is -2.30. The Morgan fingerprint density at radius 3 is 2.69 bits per heavy atom. The quantitative estimate of drug-likeness (QED) is 0.887. The summed E-state index contributed by atoms with van der Waals surface area (Å²) >= 11 is 0. The molecule has 2 aromatic rings. The van der Waals surface area contributed by atoms with E-state index in [0.717, 1.165) is 44.3 Å². The number of aromatic amines is 1. The predicted molar refractivity (Wildman–Crippen MR) is 102 cm³/mol. The maximum atomic E-state index is 12.5. The monoisotopic (exact) mass is 353 g/mol. The number of hydrogen-bond acceptors (Lipinski definition) is 2. The summed E-state index contributed by atoms with van der Waals surface area (Å²) in [5.41, 5.74) is 4.50. The topological polar surface area (TPSA) is 65.2 Å². The molecule has 26 heavy (non-hydrogen) atoms. The lowest BCUT2D eigenvalue weighted by atomic mass is 9.95. The molecule has 1 aromatic carbocycles. The molecule has 0 bridgehead atoms. The molecule has 2 amide bonds. The number of hydrogen-bond donors (Lipinski definition) is 2. The van der Waals surface area contributed by atoms with Crippen molar-refractivity contribution in [3.05, 3.63) is 35.0 Å². The highest BCUT2D eigenvalue weighted by molar-refractivity contribution is 5.99. The molecule has 5 heteroatoms. The molecule has 4 rings (SSSR count). The molecule has 2 aliphatic rings. The largest absolute Gasteiger partial charge is 0.358 e. The van der Waals surface area contributed by atoms with Crippen LogP contribution in [0.1, 0.15) is 60.1 Å². The van der Waals surface area contributed by atoms with Gasteiger partial charge in [0.1, 0.15) is 0 Å². The molecule has 2 heterocycles. The number of aryl methyl sites for hydroxylation is 2. The van der Waals surface area contributed by atoms with E-state index in [1.54, 1.807) is 0 Å². The molecule has 1 aliphatic heterocycles. The summed E-state index contributed by atoms with van der Waals surface area (Å²) in [5, 5.41) is 4.09. The van der Waals surface area contributed by atoms with E-state index in [1.807, 2.05) is 23.1 Å². The van der Waals surface area contributed by atoms with Crippen molar-refractivity contribution in [1.29, 1.82) is 0 Å². The van der Waals surface area contributed by atoms with Crippen LogP contribution in [0, 0.1) is 0 Å². The number of carbonyl (C=O) groups excluding carboxylic acids is 2. The van der Waals surface area contributed by atoms with Gasteiger partial charge in [0.2, 0.25) is 5.91 Å². The molecule has 138 valence electrons. The number of likely N-dealkylation sites (tertiary alicyclic amines) is 1. The Morgan fingerprint density at radius 2 is 1.85 bits per heavy atom. The van der Waals surface area contributed by atoms with Crippen LogP contribution in [0.5, 0.6) is 0 Å². The predicted octanol–water partition coefficient (Wildman–Crippen LogP) is 3.18. The second-order valence-electron chi connectivity index (χ2n) is 7.50. The average molecular weight is 353 g/mol. The first kappa shape index (κ1) is 17.1. The van der Waals surface area contributed by atoms with Gasteiger partial charge in [0.25, 0.3) is 5.91 Å². The highest BCUT2D eigenvalue weighted by Crippen LogP contribution is 2.29. The minimum absolute atomic E-state index is 0.0934. The van der Waals surface area contributed by atoms with E-state index >= 15 is 0 Å².